The maximum Gasteiger partial charge on any atom is 0.306 e. The number of nitrogens with one attached hydrogen (secondary N) is 1. The number of hydrogen-bond donors (Lipinski definition) is 1. The van der Waals surface area contributed by atoms with Crippen LogP contribution < -0.4 is 10.2 Å². The average Bonchev–Trinajstić information content (AvgIpc) is 3.36. The minimum Gasteiger partial charge on any atom is -0.756 e. The number of carbonyl (C=O) groups is 2. The van der Waals surface area contributed by atoms with Gasteiger partial charge in [0.05, 0.1) is 33.8 Å². The topological polar surface area (TPSA) is 114 Å². The average molecular weight is 1060 g/mol. The highest BCUT2D eigenvalue weighted by Gasteiger charge is 2.27. The number of rotatable bonds is 58. The molecular weight excluding hydrogens is 940 g/mol. The second kappa shape index (κ2) is 54.6. The Bertz CT molecular complexity index is 1360. The Morgan fingerprint density at radius 1 is 0.473 bits per heavy atom. The fourth-order valence-electron chi connectivity index (χ4n) is 9.38. The van der Waals surface area contributed by atoms with Crippen LogP contribution in [0, 0.1) is 0 Å². The van der Waals surface area contributed by atoms with Crippen LogP contribution in [-0.4, -0.2) is 69.4 Å². The van der Waals surface area contributed by atoms with Gasteiger partial charge in [0.2, 0.25) is 5.91 Å². The number of hydrogen-bond acceptors (Lipinski definition) is 7. The molecule has 0 aliphatic heterocycles. The van der Waals surface area contributed by atoms with Crippen molar-refractivity contribution in [3.8, 4) is 0 Å². The van der Waals surface area contributed by atoms with Gasteiger partial charge in [-0.25, -0.2) is 0 Å². The van der Waals surface area contributed by atoms with Crippen LogP contribution in [0.25, 0.3) is 0 Å². The van der Waals surface area contributed by atoms with E-state index >= 15 is 0 Å². The molecule has 0 aliphatic rings. The monoisotopic (exact) mass is 1060 g/mol. The van der Waals surface area contributed by atoms with E-state index in [9.17, 15) is 19.0 Å². The number of nitrogens with zero attached hydrogens (tertiary/aromatic N) is 1. The molecule has 1 N–H and O–H groups in total. The third-order valence-electron chi connectivity index (χ3n) is 14.3. The molecule has 0 saturated heterocycles. The molecule has 0 aliphatic carbocycles. The van der Waals surface area contributed by atoms with Gasteiger partial charge in [-0.15, -0.1) is 0 Å². The third kappa shape index (κ3) is 55.0. The van der Waals surface area contributed by atoms with E-state index in [2.05, 4.69) is 50.4 Å². The van der Waals surface area contributed by atoms with Gasteiger partial charge in [-0.2, -0.15) is 0 Å². The van der Waals surface area contributed by atoms with Crippen molar-refractivity contribution in [1.82, 2.24) is 5.32 Å². The highest BCUT2D eigenvalue weighted by Crippen LogP contribution is 2.38. The van der Waals surface area contributed by atoms with Crippen molar-refractivity contribution >= 4 is 19.7 Å². The summed E-state index contributed by atoms with van der Waals surface area (Å²) in [5.41, 5.74) is 0. The van der Waals surface area contributed by atoms with Crippen LogP contribution >= 0.6 is 7.82 Å². The van der Waals surface area contributed by atoms with Crippen molar-refractivity contribution in [1.29, 1.82) is 0 Å². The van der Waals surface area contributed by atoms with E-state index < -0.39 is 20.0 Å². The molecule has 0 aromatic heterocycles. The number of allylic oxidation sites excluding steroid dienone is 5. The van der Waals surface area contributed by atoms with Gasteiger partial charge in [0.1, 0.15) is 19.3 Å². The SMILES string of the molecule is CCCCC/C=C\C/C=C\CCCCCCCCCCCCCCCC(=O)NC(COP(=O)([O-])OCC[N+](C)(C)C)C(/C=C\CCCCCCCCCCCC)OC(=O)CCCCCCCCCCCCCCC. The van der Waals surface area contributed by atoms with Crippen molar-refractivity contribution in [3.63, 3.8) is 0 Å². The summed E-state index contributed by atoms with van der Waals surface area (Å²) in [5.74, 6) is -0.528. The number of unbranched alkanes of at least 4 members (excludes halogenated alkanes) is 38. The summed E-state index contributed by atoms with van der Waals surface area (Å²) >= 11 is 0. The molecule has 0 rings (SSSR count). The van der Waals surface area contributed by atoms with E-state index in [0.29, 0.717) is 17.4 Å². The number of likely N-dealkylation sites (N-methyl/N-ethyl adjacent to an activating group) is 1. The first-order valence-corrected chi connectivity index (χ1v) is 33.3. The first-order valence-electron chi connectivity index (χ1n) is 31.8. The highest BCUT2D eigenvalue weighted by atomic mass is 31.2. The van der Waals surface area contributed by atoms with Crippen molar-refractivity contribution in [2.24, 2.45) is 0 Å². The summed E-state index contributed by atoms with van der Waals surface area (Å²) in [6, 6.07) is -0.883. The van der Waals surface area contributed by atoms with Gasteiger partial charge in [0.15, 0.2) is 0 Å². The van der Waals surface area contributed by atoms with Gasteiger partial charge < -0.3 is 28.5 Å². The number of phosphoric ester groups is 1. The van der Waals surface area contributed by atoms with Gasteiger partial charge in [0, 0.05) is 12.8 Å². The van der Waals surface area contributed by atoms with Crippen LogP contribution in [-0.2, 0) is 27.9 Å². The fourth-order valence-corrected chi connectivity index (χ4v) is 10.1. The molecule has 0 heterocycles. The Hall–Kier alpha value is -1.77. The van der Waals surface area contributed by atoms with E-state index in [1.165, 1.54) is 212 Å². The minimum absolute atomic E-state index is 0.0197. The Morgan fingerprint density at radius 2 is 0.824 bits per heavy atom. The van der Waals surface area contributed by atoms with Gasteiger partial charge in [0.25, 0.3) is 7.82 Å². The van der Waals surface area contributed by atoms with Crippen LogP contribution in [0.15, 0.2) is 36.5 Å². The summed E-state index contributed by atoms with van der Waals surface area (Å²) < 4.78 is 30.3. The standard InChI is InChI=1S/C64H123N2O7P/c1-7-10-13-16-19-22-25-28-29-30-31-32-33-34-35-36-37-39-41-44-47-50-53-56-63(67)65-61(60-72-74(69,70)71-59-58-66(4,5)6)62(55-52-49-46-43-40-27-24-21-18-15-12-9-3)73-64(68)57-54-51-48-45-42-38-26-23-20-17-14-11-8-2/h19,22,28-29,52,55,61-62H,7-18,20-21,23-27,30-51,53-54,56-60H2,1-6H3,(H-,65,67,69,70)/b22-19-,29-28-,55-52-. The fraction of sp³-hybridized carbons (Fsp3) is 0.875. The summed E-state index contributed by atoms with van der Waals surface area (Å²) in [4.78, 5) is 40.0. The summed E-state index contributed by atoms with van der Waals surface area (Å²) in [6.07, 6.45) is 65.4. The van der Waals surface area contributed by atoms with Crippen LogP contribution in [0.5, 0.6) is 0 Å². The Balaban J connectivity index is 5.12. The number of carbonyl (C=O) groups excluding carboxylic acids is 2. The van der Waals surface area contributed by atoms with Crippen molar-refractivity contribution in [2.75, 3.05) is 40.9 Å². The molecule has 0 aromatic carbocycles. The molecule has 0 radical (unpaired) electrons. The zero-order valence-corrected chi connectivity index (χ0v) is 50.7. The maximum atomic E-state index is 13.5. The number of quaternary nitrogens is 1. The molecule has 1 amide bonds. The predicted molar refractivity (Wildman–Crippen MR) is 316 cm³/mol. The lowest BCUT2D eigenvalue weighted by Crippen LogP contribution is -2.47. The van der Waals surface area contributed by atoms with E-state index in [0.717, 1.165) is 64.2 Å². The number of ether oxygens (including phenoxy) is 1. The maximum absolute atomic E-state index is 13.5. The van der Waals surface area contributed by atoms with E-state index in [1.807, 2.05) is 33.3 Å². The van der Waals surface area contributed by atoms with Gasteiger partial charge in [-0.1, -0.05) is 269 Å². The molecule has 74 heavy (non-hydrogen) atoms. The number of phosphoric acid groups is 1. The van der Waals surface area contributed by atoms with E-state index in [4.69, 9.17) is 13.8 Å². The summed E-state index contributed by atoms with van der Waals surface area (Å²) in [7, 11) is 1.20. The molecule has 9 nitrogen and oxygen atoms in total. The smallest absolute Gasteiger partial charge is 0.306 e. The molecule has 3 atom stereocenters. The Kier molecular flexibility index (Phi) is 53.3. The number of esters is 1. The van der Waals surface area contributed by atoms with Crippen molar-refractivity contribution < 1.29 is 37.3 Å². The minimum atomic E-state index is -4.69. The molecular formula is C64H123N2O7P. The third-order valence-corrected chi connectivity index (χ3v) is 15.3. The summed E-state index contributed by atoms with van der Waals surface area (Å²) in [5, 5.41) is 3.04. The van der Waals surface area contributed by atoms with E-state index in [-0.39, 0.29) is 31.5 Å². The lowest BCUT2D eigenvalue weighted by molar-refractivity contribution is -0.870. The summed E-state index contributed by atoms with van der Waals surface area (Å²) in [6.45, 7) is 6.85. The molecule has 0 aromatic rings. The number of amides is 1. The highest BCUT2D eigenvalue weighted by molar-refractivity contribution is 7.45. The normalized spacial score (nSPS) is 13.9. The quantitative estimate of drug-likeness (QED) is 0.0212. The first-order chi connectivity index (χ1) is 35.9. The van der Waals surface area contributed by atoms with E-state index in [1.54, 1.807) is 0 Å². The van der Waals surface area contributed by atoms with Crippen LogP contribution in [0.1, 0.15) is 310 Å². The molecule has 0 bridgehead atoms. The molecule has 0 fully saturated rings. The zero-order valence-electron chi connectivity index (χ0n) is 49.8. The second-order valence-electron chi connectivity index (χ2n) is 22.9. The Morgan fingerprint density at radius 3 is 1.24 bits per heavy atom. The van der Waals surface area contributed by atoms with Gasteiger partial charge in [-0.3, -0.25) is 14.2 Å². The lowest BCUT2D eigenvalue weighted by atomic mass is 10.0. The molecule has 0 spiro atoms. The van der Waals surface area contributed by atoms with Crippen molar-refractivity contribution in [3.05, 3.63) is 36.5 Å². The Labute approximate surface area is 459 Å². The van der Waals surface area contributed by atoms with Gasteiger partial charge >= 0.3 is 5.97 Å². The lowest BCUT2D eigenvalue weighted by Gasteiger charge is -2.30. The van der Waals surface area contributed by atoms with Crippen molar-refractivity contribution in [2.45, 2.75) is 322 Å². The first kappa shape index (κ1) is 72.2. The van der Waals surface area contributed by atoms with Crippen LogP contribution in [0.4, 0.5) is 0 Å². The second-order valence-corrected chi connectivity index (χ2v) is 24.3. The van der Waals surface area contributed by atoms with Crippen LogP contribution in [0.2, 0.25) is 0 Å². The largest absolute Gasteiger partial charge is 0.756 e. The predicted octanol–water partition coefficient (Wildman–Crippen LogP) is 18.9. The van der Waals surface area contributed by atoms with Crippen LogP contribution in [0.3, 0.4) is 0 Å². The molecule has 0 saturated carbocycles. The molecule has 436 valence electrons. The van der Waals surface area contributed by atoms with Gasteiger partial charge in [-0.05, 0) is 63.9 Å². The zero-order chi connectivity index (χ0) is 54.3. The molecule has 3 unspecified atom stereocenters. The molecule has 10 heteroatoms.